The molecule has 110 valence electrons. The first-order valence-corrected chi connectivity index (χ1v) is 7.42. The van der Waals surface area contributed by atoms with Gasteiger partial charge in [-0.05, 0) is 43.7 Å². The number of unbranched alkanes of at least 4 members (excludes halogenated alkanes) is 2. The van der Waals surface area contributed by atoms with Crippen LogP contribution in [0.1, 0.15) is 31.2 Å². The molecule has 0 aliphatic carbocycles. The van der Waals surface area contributed by atoms with Gasteiger partial charge in [0.1, 0.15) is 6.04 Å². The summed E-state index contributed by atoms with van der Waals surface area (Å²) in [5, 5.41) is 6.34. The van der Waals surface area contributed by atoms with Gasteiger partial charge in [0, 0.05) is 25.9 Å². The lowest BCUT2D eigenvalue weighted by Crippen LogP contribution is -2.42. The first kappa shape index (κ1) is 14.9. The Morgan fingerprint density at radius 2 is 2.20 bits per heavy atom. The molecule has 1 heterocycles. The number of ether oxygens (including phenoxy) is 1. The van der Waals surface area contributed by atoms with Gasteiger partial charge in [-0.25, -0.2) is 0 Å². The molecule has 1 atom stereocenters. The average molecular weight is 276 g/mol. The van der Waals surface area contributed by atoms with Crippen molar-refractivity contribution in [2.45, 2.75) is 38.1 Å². The van der Waals surface area contributed by atoms with E-state index in [9.17, 15) is 4.79 Å². The van der Waals surface area contributed by atoms with Crippen molar-refractivity contribution >= 4 is 11.6 Å². The Bertz CT molecular complexity index is 434. The van der Waals surface area contributed by atoms with E-state index in [4.69, 9.17) is 4.74 Å². The van der Waals surface area contributed by atoms with Crippen LogP contribution in [0.2, 0.25) is 0 Å². The molecule has 2 N–H and O–H groups in total. The van der Waals surface area contributed by atoms with Crippen LogP contribution in [-0.4, -0.2) is 32.2 Å². The Morgan fingerprint density at radius 3 is 3.05 bits per heavy atom. The first-order valence-electron chi connectivity index (χ1n) is 7.42. The molecule has 0 bridgehead atoms. The van der Waals surface area contributed by atoms with Crippen molar-refractivity contribution in [3.05, 3.63) is 29.8 Å². The highest BCUT2D eigenvalue weighted by Gasteiger charge is 2.22. The van der Waals surface area contributed by atoms with E-state index in [2.05, 4.69) is 16.7 Å². The SMILES string of the molecule is COCCCCCNC(=O)C1CCc2ccccc2N1. The molecule has 1 aliphatic rings. The van der Waals surface area contributed by atoms with Gasteiger partial charge in [-0.15, -0.1) is 0 Å². The van der Waals surface area contributed by atoms with Crippen molar-refractivity contribution in [3.63, 3.8) is 0 Å². The Morgan fingerprint density at radius 1 is 1.35 bits per heavy atom. The van der Waals surface area contributed by atoms with Crippen molar-refractivity contribution < 1.29 is 9.53 Å². The van der Waals surface area contributed by atoms with E-state index in [-0.39, 0.29) is 11.9 Å². The summed E-state index contributed by atoms with van der Waals surface area (Å²) in [6.07, 6.45) is 5.00. The fourth-order valence-corrected chi connectivity index (χ4v) is 2.52. The third kappa shape index (κ3) is 4.23. The summed E-state index contributed by atoms with van der Waals surface area (Å²) in [7, 11) is 1.72. The smallest absolute Gasteiger partial charge is 0.242 e. The van der Waals surface area contributed by atoms with Gasteiger partial charge in [0.15, 0.2) is 0 Å². The van der Waals surface area contributed by atoms with Gasteiger partial charge >= 0.3 is 0 Å². The third-order valence-electron chi connectivity index (χ3n) is 3.69. The molecule has 1 amide bonds. The van der Waals surface area contributed by atoms with Crippen LogP contribution in [0.3, 0.4) is 0 Å². The average Bonchev–Trinajstić information content (AvgIpc) is 2.50. The Kier molecular flexibility index (Phi) is 5.87. The second-order valence-electron chi connectivity index (χ2n) is 5.24. The number of para-hydroxylation sites is 1. The van der Waals surface area contributed by atoms with Crippen molar-refractivity contribution in [2.75, 3.05) is 25.6 Å². The maximum absolute atomic E-state index is 12.1. The zero-order valence-corrected chi connectivity index (χ0v) is 12.2. The van der Waals surface area contributed by atoms with Crippen LogP contribution in [0.5, 0.6) is 0 Å². The summed E-state index contributed by atoms with van der Waals surface area (Å²) in [6, 6.07) is 8.11. The summed E-state index contributed by atoms with van der Waals surface area (Å²) in [6.45, 7) is 1.55. The van der Waals surface area contributed by atoms with E-state index in [1.165, 1.54) is 5.56 Å². The highest BCUT2D eigenvalue weighted by Crippen LogP contribution is 2.24. The third-order valence-corrected chi connectivity index (χ3v) is 3.69. The van der Waals surface area contributed by atoms with Gasteiger partial charge in [-0.1, -0.05) is 18.2 Å². The van der Waals surface area contributed by atoms with Gasteiger partial charge in [0.25, 0.3) is 0 Å². The number of hydrogen-bond acceptors (Lipinski definition) is 3. The van der Waals surface area contributed by atoms with Gasteiger partial charge in [0.05, 0.1) is 0 Å². The van der Waals surface area contributed by atoms with E-state index in [0.717, 1.165) is 50.9 Å². The number of anilines is 1. The number of aryl methyl sites for hydroxylation is 1. The molecular weight excluding hydrogens is 252 g/mol. The fourth-order valence-electron chi connectivity index (χ4n) is 2.52. The Balaban J connectivity index is 1.69. The summed E-state index contributed by atoms with van der Waals surface area (Å²) >= 11 is 0. The van der Waals surface area contributed by atoms with Gasteiger partial charge in [0.2, 0.25) is 5.91 Å². The number of benzene rings is 1. The van der Waals surface area contributed by atoms with Crippen LogP contribution < -0.4 is 10.6 Å². The molecule has 0 aromatic heterocycles. The minimum atomic E-state index is -0.0936. The van der Waals surface area contributed by atoms with Gasteiger partial charge < -0.3 is 15.4 Å². The zero-order valence-electron chi connectivity index (χ0n) is 12.2. The molecule has 4 nitrogen and oxygen atoms in total. The van der Waals surface area contributed by atoms with E-state index >= 15 is 0 Å². The summed E-state index contributed by atoms with van der Waals surface area (Å²) in [4.78, 5) is 12.1. The molecule has 0 radical (unpaired) electrons. The molecule has 0 spiro atoms. The number of carbonyl (C=O) groups excluding carboxylic acids is 1. The van der Waals surface area contributed by atoms with E-state index in [1.807, 2.05) is 18.2 Å². The molecular formula is C16H24N2O2. The second-order valence-corrected chi connectivity index (χ2v) is 5.24. The number of carbonyl (C=O) groups is 1. The topological polar surface area (TPSA) is 50.4 Å². The highest BCUT2D eigenvalue weighted by atomic mass is 16.5. The maximum Gasteiger partial charge on any atom is 0.242 e. The van der Waals surface area contributed by atoms with E-state index < -0.39 is 0 Å². The predicted octanol–water partition coefficient (Wildman–Crippen LogP) is 2.35. The zero-order chi connectivity index (χ0) is 14.2. The molecule has 0 saturated heterocycles. The lowest BCUT2D eigenvalue weighted by molar-refractivity contribution is -0.122. The lowest BCUT2D eigenvalue weighted by Gasteiger charge is -2.26. The molecule has 4 heteroatoms. The molecule has 1 unspecified atom stereocenters. The molecule has 20 heavy (non-hydrogen) atoms. The standard InChI is InChI=1S/C16H24N2O2/c1-20-12-6-2-5-11-17-16(19)15-10-9-13-7-3-4-8-14(13)18-15/h3-4,7-8,15,18H,2,5-6,9-12H2,1H3,(H,17,19). The molecule has 1 aromatic carbocycles. The largest absolute Gasteiger partial charge is 0.385 e. The van der Waals surface area contributed by atoms with E-state index in [1.54, 1.807) is 7.11 Å². The Labute approximate surface area is 120 Å². The number of rotatable bonds is 7. The number of fused-ring (bicyclic) bond motifs is 1. The number of nitrogens with one attached hydrogen (secondary N) is 2. The van der Waals surface area contributed by atoms with Crippen molar-refractivity contribution in [3.8, 4) is 0 Å². The summed E-state index contributed by atoms with van der Waals surface area (Å²) in [5.41, 5.74) is 2.40. The molecule has 0 saturated carbocycles. The normalized spacial score (nSPS) is 17.1. The summed E-state index contributed by atoms with van der Waals surface area (Å²) < 4.78 is 5.00. The van der Waals surface area contributed by atoms with Crippen LogP contribution in [-0.2, 0) is 16.0 Å². The second kappa shape index (κ2) is 7.90. The van der Waals surface area contributed by atoms with Crippen LogP contribution in [0.4, 0.5) is 5.69 Å². The van der Waals surface area contributed by atoms with Crippen LogP contribution in [0.15, 0.2) is 24.3 Å². The molecule has 0 fully saturated rings. The monoisotopic (exact) mass is 276 g/mol. The molecule has 2 rings (SSSR count). The highest BCUT2D eigenvalue weighted by molar-refractivity contribution is 5.85. The first-order chi connectivity index (χ1) is 9.81. The van der Waals surface area contributed by atoms with Crippen molar-refractivity contribution in [2.24, 2.45) is 0 Å². The lowest BCUT2D eigenvalue weighted by atomic mass is 9.98. The Hall–Kier alpha value is -1.55. The van der Waals surface area contributed by atoms with Crippen LogP contribution in [0, 0.1) is 0 Å². The quantitative estimate of drug-likeness (QED) is 0.752. The van der Waals surface area contributed by atoms with Gasteiger partial charge in [-0.3, -0.25) is 4.79 Å². The molecule has 1 aromatic rings. The summed E-state index contributed by atoms with van der Waals surface area (Å²) in [5.74, 6) is 0.117. The van der Waals surface area contributed by atoms with Crippen molar-refractivity contribution in [1.82, 2.24) is 5.32 Å². The number of methoxy groups -OCH3 is 1. The van der Waals surface area contributed by atoms with Crippen molar-refractivity contribution in [1.29, 1.82) is 0 Å². The molecule has 1 aliphatic heterocycles. The number of amides is 1. The number of hydrogen-bond donors (Lipinski definition) is 2. The predicted molar refractivity (Wildman–Crippen MR) is 80.9 cm³/mol. The fraction of sp³-hybridized carbons (Fsp3) is 0.562. The van der Waals surface area contributed by atoms with Crippen LogP contribution in [0.25, 0.3) is 0 Å². The van der Waals surface area contributed by atoms with E-state index in [0.29, 0.717) is 0 Å². The minimum absolute atomic E-state index is 0.0936. The van der Waals surface area contributed by atoms with Gasteiger partial charge in [-0.2, -0.15) is 0 Å². The minimum Gasteiger partial charge on any atom is -0.385 e. The van der Waals surface area contributed by atoms with Crippen LogP contribution >= 0.6 is 0 Å². The maximum atomic E-state index is 12.1.